The van der Waals surface area contributed by atoms with Gasteiger partial charge < -0.3 is 10.2 Å². The summed E-state index contributed by atoms with van der Waals surface area (Å²) in [4.78, 5) is 16.7. The van der Waals surface area contributed by atoms with Crippen molar-refractivity contribution in [2.45, 2.75) is 20.8 Å². The molecule has 0 radical (unpaired) electrons. The van der Waals surface area contributed by atoms with Crippen molar-refractivity contribution >= 4 is 44.5 Å². The summed E-state index contributed by atoms with van der Waals surface area (Å²) in [5.74, 6) is 0. The molecule has 0 fully saturated rings. The SMILES string of the molecule is Cc1cc[c]([Bi]([c]2ccc(C)cc2)[c]2ccc(C)cc2)cc1.O=CO.O=CO. The van der Waals surface area contributed by atoms with Crippen molar-refractivity contribution in [2.24, 2.45) is 0 Å². The maximum absolute atomic E-state index is 8.36. The van der Waals surface area contributed by atoms with Crippen molar-refractivity contribution < 1.29 is 19.8 Å². The van der Waals surface area contributed by atoms with Crippen LogP contribution in [0.25, 0.3) is 0 Å². The van der Waals surface area contributed by atoms with Crippen molar-refractivity contribution in [3.05, 3.63) is 89.5 Å². The molecule has 146 valence electrons. The van der Waals surface area contributed by atoms with E-state index in [9.17, 15) is 0 Å². The predicted octanol–water partition coefficient (Wildman–Crippen LogP) is 2.53. The monoisotopic (exact) mass is 574 g/mol. The number of rotatable bonds is 3. The molecule has 0 spiro atoms. The summed E-state index contributed by atoms with van der Waals surface area (Å²) >= 11 is -2.15. The minimum atomic E-state index is -2.15. The molecule has 0 bridgehead atoms. The van der Waals surface area contributed by atoms with Crippen LogP contribution in [0.5, 0.6) is 0 Å². The van der Waals surface area contributed by atoms with Gasteiger partial charge in [0.15, 0.2) is 0 Å². The molecule has 0 aromatic heterocycles. The Morgan fingerprint density at radius 3 is 0.893 bits per heavy atom. The summed E-state index contributed by atoms with van der Waals surface area (Å²) in [5, 5.41) is 13.8. The van der Waals surface area contributed by atoms with Gasteiger partial charge in [-0.3, -0.25) is 9.59 Å². The third-order valence-corrected chi connectivity index (χ3v) is 13.4. The number of carbonyl (C=O) groups is 2. The summed E-state index contributed by atoms with van der Waals surface area (Å²) in [6, 6.07) is 27.5. The van der Waals surface area contributed by atoms with Crippen molar-refractivity contribution in [3.8, 4) is 0 Å². The van der Waals surface area contributed by atoms with E-state index in [1.165, 1.54) is 16.7 Å². The van der Waals surface area contributed by atoms with Gasteiger partial charge in [-0.15, -0.1) is 0 Å². The first-order valence-electron chi connectivity index (χ1n) is 8.62. The topological polar surface area (TPSA) is 74.6 Å². The Morgan fingerprint density at radius 2 is 0.714 bits per heavy atom. The summed E-state index contributed by atoms with van der Waals surface area (Å²) in [5.41, 5.74) is 4.00. The van der Waals surface area contributed by atoms with E-state index in [1.807, 2.05) is 0 Å². The third kappa shape index (κ3) is 7.61. The van der Waals surface area contributed by atoms with Gasteiger partial charge in [0.1, 0.15) is 0 Å². The molecule has 0 aliphatic rings. The Labute approximate surface area is 174 Å². The Hall–Kier alpha value is -2.52. The van der Waals surface area contributed by atoms with Crippen LogP contribution in [-0.4, -0.2) is 44.9 Å². The van der Waals surface area contributed by atoms with Gasteiger partial charge >= 0.3 is 142 Å². The standard InChI is InChI=1S/3C7H7.2CH2O2.Bi/c3*1-7-5-3-2-4-6-7;2*2-1-3;/h3*3-6H,1H3;2*1H,(H,2,3);. The van der Waals surface area contributed by atoms with E-state index < -0.39 is 21.8 Å². The average Bonchev–Trinajstić information content (AvgIpc) is 2.68. The van der Waals surface area contributed by atoms with Crippen LogP contribution in [0, 0.1) is 20.8 Å². The molecule has 3 aromatic rings. The van der Waals surface area contributed by atoms with E-state index >= 15 is 0 Å². The molecule has 0 unspecified atom stereocenters. The van der Waals surface area contributed by atoms with Crippen LogP contribution in [0.4, 0.5) is 0 Å². The summed E-state index contributed by atoms with van der Waals surface area (Å²) in [6.07, 6.45) is 0. The Bertz CT molecular complexity index is 727. The summed E-state index contributed by atoms with van der Waals surface area (Å²) in [7, 11) is 0. The van der Waals surface area contributed by atoms with E-state index in [0.717, 1.165) is 0 Å². The van der Waals surface area contributed by atoms with Crippen LogP contribution >= 0.6 is 0 Å². The Balaban J connectivity index is 0.000000582. The normalized spacial score (nSPS) is 9.43. The summed E-state index contributed by atoms with van der Waals surface area (Å²) < 4.78 is 4.65. The molecule has 4 nitrogen and oxygen atoms in total. The first-order valence-corrected chi connectivity index (χ1v) is 13.8. The van der Waals surface area contributed by atoms with E-state index in [-0.39, 0.29) is 12.9 Å². The molecule has 0 atom stereocenters. The van der Waals surface area contributed by atoms with Crippen LogP contribution in [0.15, 0.2) is 72.8 Å². The third-order valence-electron chi connectivity index (χ3n) is 3.88. The smallest absolute Gasteiger partial charge is 0.290 e. The molecule has 3 aromatic carbocycles. The van der Waals surface area contributed by atoms with Crippen LogP contribution in [0.3, 0.4) is 0 Å². The molecule has 5 heteroatoms. The molecule has 0 amide bonds. The van der Waals surface area contributed by atoms with Crippen molar-refractivity contribution in [2.75, 3.05) is 0 Å². The van der Waals surface area contributed by atoms with Crippen LogP contribution in [-0.2, 0) is 9.59 Å². The first kappa shape index (κ1) is 23.5. The van der Waals surface area contributed by atoms with Crippen LogP contribution < -0.4 is 9.81 Å². The molecule has 0 aliphatic heterocycles. The predicted molar refractivity (Wildman–Crippen MR) is 116 cm³/mol. The Morgan fingerprint density at radius 1 is 0.536 bits per heavy atom. The van der Waals surface area contributed by atoms with E-state index in [2.05, 4.69) is 93.6 Å². The summed E-state index contributed by atoms with van der Waals surface area (Å²) in [6.45, 7) is 5.97. The number of hydrogen-bond acceptors (Lipinski definition) is 2. The zero-order chi connectivity index (χ0) is 20.9. The van der Waals surface area contributed by atoms with E-state index in [1.54, 1.807) is 9.81 Å². The fourth-order valence-electron chi connectivity index (χ4n) is 2.53. The van der Waals surface area contributed by atoms with Crippen LogP contribution in [0.1, 0.15) is 16.7 Å². The van der Waals surface area contributed by atoms with Gasteiger partial charge in [0, 0.05) is 0 Å². The van der Waals surface area contributed by atoms with Crippen molar-refractivity contribution in [3.63, 3.8) is 0 Å². The maximum atomic E-state index is 8.36. The molecule has 0 saturated carbocycles. The quantitative estimate of drug-likeness (QED) is 0.373. The molecule has 2 N–H and O–H groups in total. The minimum Gasteiger partial charge on any atom is -0.483 e. The van der Waals surface area contributed by atoms with E-state index in [0.29, 0.717) is 0 Å². The largest absolute Gasteiger partial charge is 0.483 e. The van der Waals surface area contributed by atoms with Crippen molar-refractivity contribution in [1.82, 2.24) is 0 Å². The second-order valence-corrected chi connectivity index (χ2v) is 14.7. The average molecular weight is 574 g/mol. The molecular weight excluding hydrogens is 549 g/mol. The zero-order valence-electron chi connectivity index (χ0n) is 16.2. The molecule has 0 saturated heterocycles. The number of benzene rings is 3. The second kappa shape index (κ2) is 12.8. The Kier molecular flexibility index (Phi) is 10.7. The fourth-order valence-corrected chi connectivity index (χ4v) is 11.2. The first-order chi connectivity index (χ1) is 13.5. The molecule has 28 heavy (non-hydrogen) atoms. The van der Waals surface area contributed by atoms with E-state index in [4.69, 9.17) is 19.8 Å². The maximum Gasteiger partial charge on any atom is 0.290 e. The fraction of sp³-hybridized carbons (Fsp3) is 0.130. The van der Waals surface area contributed by atoms with Crippen LogP contribution in [0.2, 0.25) is 0 Å². The van der Waals surface area contributed by atoms with Gasteiger partial charge in [0.05, 0.1) is 0 Å². The van der Waals surface area contributed by atoms with Crippen molar-refractivity contribution in [1.29, 1.82) is 0 Å². The molecule has 0 aliphatic carbocycles. The minimum absolute atomic E-state index is 0.250. The number of hydrogen-bond donors (Lipinski definition) is 2. The number of carboxylic acid groups (broad SMARTS) is 2. The molecule has 3 rings (SSSR count). The van der Waals surface area contributed by atoms with Gasteiger partial charge in [-0.1, -0.05) is 0 Å². The van der Waals surface area contributed by atoms with Gasteiger partial charge in [0.2, 0.25) is 0 Å². The molecular formula is C23H25BiO4. The van der Waals surface area contributed by atoms with Gasteiger partial charge in [-0.25, -0.2) is 0 Å². The van der Waals surface area contributed by atoms with Gasteiger partial charge in [0.25, 0.3) is 12.9 Å². The number of aryl methyl sites for hydroxylation is 3. The van der Waals surface area contributed by atoms with Gasteiger partial charge in [-0.2, -0.15) is 0 Å². The zero-order valence-corrected chi connectivity index (χ0v) is 19.7. The van der Waals surface area contributed by atoms with Gasteiger partial charge in [-0.05, 0) is 0 Å². The molecule has 0 heterocycles. The second-order valence-electron chi connectivity index (χ2n) is 6.05.